The van der Waals surface area contributed by atoms with Gasteiger partial charge in [-0.05, 0) is 18.2 Å². The highest BCUT2D eigenvalue weighted by molar-refractivity contribution is 5.90. The van der Waals surface area contributed by atoms with Gasteiger partial charge in [-0.2, -0.15) is 0 Å². The van der Waals surface area contributed by atoms with Crippen LogP contribution in [0.5, 0.6) is 0 Å². The van der Waals surface area contributed by atoms with Crippen molar-refractivity contribution < 1.29 is 9.18 Å². The normalized spacial score (nSPS) is 10.5. The number of amides is 1. The number of benzene rings is 1. The summed E-state index contributed by atoms with van der Waals surface area (Å²) < 4.78 is 15.0. The summed E-state index contributed by atoms with van der Waals surface area (Å²) >= 11 is 0. The van der Waals surface area contributed by atoms with Gasteiger partial charge in [0.15, 0.2) is 0 Å². The number of nitrogens with zero attached hydrogens (tertiary/aromatic N) is 3. The van der Waals surface area contributed by atoms with Gasteiger partial charge >= 0.3 is 5.69 Å². The number of nitrogens with one attached hydrogen (secondary N) is 1. The third-order valence-electron chi connectivity index (χ3n) is 3.43. The molecule has 0 radical (unpaired) electrons. The lowest BCUT2D eigenvalue weighted by molar-refractivity contribution is -0.116. The van der Waals surface area contributed by atoms with Gasteiger partial charge in [-0.15, -0.1) is 0 Å². The number of carbonyl (C=O) groups is 1. The predicted molar refractivity (Wildman–Crippen MR) is 89.7 cm³/mol. The minimum atomic E-state index is -0.711. The molecule has 1 aromatic carbocycles. The number of hydrogen-bond acceptors (Lipinski definition) is 5. The Labute approximate surface area is 136 Å². The van der Waals surface area contributed by atoms with Gasteiger partial charge in [-0.25, -0.2) is 13.8 Å². The Morgan fingerprint density at radius 2 is 2.00 bits per heavy atom. The van der Waals surface area contributed by atoms with Gasteiger partial charge in [0.1, 0.15) is 23.9 Å². The fourth-order valence-corrected chi connectivity index (χ4v) is 2.24. The van der Waals surface area contributed by atoms with Gasteiger partial charge in [0.05, 0.1) is 0 Å². The summed E-state index contributed by atoms with van der Waals surface area (Å²) in [4.78, 5) is 38.2. The van der Waals surface area contributed by atoms with Crippen molar-refractivity contribution in [2.24, 2.45) is 7.05 Å². The molecule has 0 unspecified atom stereocenters. The topological polar surface area (TPSA) is 102 Å². The summed E-state index contributed by atoms with van der Waals surface area (Å²) in [5.74, 6) is -1.13. The van der Waals surface area contributed by atoms with Crippen molar-refractivity contribution in [1.29, 1.82) is 0 Å². The summed E-state index contributed by atoms with van der Waals surface area (Å²) in [5, 5.41) is 2.44. The van der Waals surface area contributed by atoms with E-state index in [1.54, 1.807) is 14.1 Å². The summed E-state index contributed by atoms with van der Waals surface area (Å²) in [6, 6.07) is 5.30. The molecule has 0 spiro atoms. The highest BCUT2D eigenvalue weighted by Crippen LogP contribution is 2.12. The van der Waals surface area contributed by atoms with E-state index >= 15 is 0 Å². The van der Waals surface area contributed by atoms with Crippen LogP contribution in [0, 0.1) is 5.82 Å². The predicted octanol–water partition coefficient (Wildman–Crippen LogP) is -0.0270. The van der Waals surface area contributed by atoms with Gasteiger partial charge in [-0.3, -0.25) is 14.2 Å². The molecule has 8 nitrogen and oxygen atoms in total. The van der Waals surface area contributed by atoms with Crippen LogP contribution in [0.2, 0.25) is 0 Å². The lowest BCUT2D eigenvalue weighted by Crippen LogP contribution is -2.44. The Bertz CT molecular complexity index is 901. The molecule has 0 bridgehead atoms. The molecular formula is C15H18FN5O3. The molecule has 0 aliphatic rings. The van der Waals surface area contributed by atoms with Gasteiger partial charge in [0.25, 0.3) is 5.56 Å². The molecule has 1 amide bonds. The lowest BCUT2D eigenvalue weighted by atomic mass is 10.3. The van der Waals surface area contributed by atoms with Gasteiger partial charge in [0, 0.05) is 26.8 Å². The Balaban J connectivity index is 2.38. The summed E-state index contributed by atoms with van der Waals surface area (Å²) in [7, 11) is 4.62. The summed E-state index contributed by atoms with van der Waals surface area (Å²) in [6.45, 7) is -0.511. The van der Waals surface area contributed by atoms with Gasteiger partial charge in [-0.1, -0.05) is 6.07 Å². The van der Waals surface area contributed by atoms with Crippen LogP contribution in [-0.4, -0.2) is 29.1 Å². The van der Waals surface area contributed by atoms with Crippen molar-refractivity contribution in [1.82, 2.24) is 9.13 Å². The number of aromatic nitrogens is 2. The molecule has 1 aromatic heterocycles. The van der Waals surface area contributed by atoms with Crippen LogP contribution in [-0.2, 0) is 18.4 Å². The zero-order valence-electron chi connectivity index (χ0n) is 13.5. The Morgan fingerprint density at radius 3 is 2.58 bits per heavy atom. The first-order valence-electron chi connectivity index (χ1n) is 7.04. The molecule has 9 heteroatoms. The van der Waals surface area contributed by atoms with Gasteiger partial charge in [0.2, 0.25) is 5.91 Å². The molecule has 2 rings (SSSR count). The molecule has 0 fully saturated rings. The van der Waals surface area contributed by atoms with Crippen LogP contribution in [0.15, 0.2) is 33.9 Å². The standard InChI is InChI=1S/C15H18FN5O3/c1-19(2)12-13(17)20(3)15(24)21(14(12)23)8-11(22)18-10-6-4-5-9(16)7-10/h4-7H,8,17H2,1-3H3,(H,18,22). The molecule has 128 valence electrons. The van der Waals surface area contributed by atoms with Crippen molar-refractivity contribution >= 4 is 23.1 Å². The minimum absolute atomic E-state index is 0.0109. The molecule has 0 saturated carbocycles. The Hall–Kier alpha value is -3.10. The van der Waals surface area contributed by atoms with E-state index in [0.717, 1.165) is 15.2 Å². The molecule has 0 atom stereocenters. The number of anilines is 3. The van der Waals surface area contributed by atoms with Crippen molar-refractivity contribution in [2.75, 3.05) is 30.0 Å². The SMILES string of the molecule is CN(C)c1c(N)n(C)c(=O)n(CC(=O)Nc2cccc(F)c2)c1=O. The quantitative estimate of drug-likeness (QED) is 0.817. The van der Waals surface area contributed by atoms with Crippen LogP contribution >= 0.6 is 0 Å². The molecule has 3 N–H and O–H groups in total. The number of nitrogens with two attached hydrogens (primary N) is 1. The maximum absolute atomic E-state index is 13.1. The van der Waals surface area contributed by atoms with Crippen LogP contribution in [0.25, 0.3) is 0 Å². The van der Waals surface area contributed by atoms with Crippen LogP contribution < -0.4 is 27.2 Å². The number of nitrogen functional groups attached to an aromatic ring is 1. The first kappa shape index (κ1) is 17.3. The third kappa shape index (κ3) is 3.29. The van der Waals surface area contributed by atoms with Gasteiger partial charge < -0.3 is 16.0 Å². The average Bonchev–Trinajstić information content (AvgIpc) is 2.49. The molecular weight excluding hydrogens is 317 g/mol. The maximum Gasteiger partial charge on any atom is 0.332 e. The van der Waals surface area contributed by atoms with E-state index < -0.39 is 29.5 Å². The maximum atomic E-state index is 13.1. The second kappa shape index (κ2) is 6.57. The first-order chi connectivity index (χ1) is 11.2. The molecule has 1 heterocycles. The highest BCUT2D eigenvalue weighted by atomic mass is 19.1. The van der Waals surface area contributed by atoms with E-state index in [1.807, 2.05) is 0 Å². The summed E-state index contributed by atoms with van der Waals surface area (Å²) in [6.07, 6.45) is 0. The number of hydrogen-bond donors (Lipinski definition) is 2. The monoisotopic (exact) mass is 335 g/mol. The zero-order chi connectivity index (χ0) is 18.0. The minimum Gasteiger partial charge on any atom is -0.383 e. The average molecular weight is 335 g/mol. The smallest absolute Gasteiger partial charge is 0.332 e. The van der Waals surface area contributed by atoms with Crippen LogP contribution in [0.4, 0.5) is 21.6 Å². The molecule has 0 aliphatic heterocycles. The van der Waals surface area contributed by atoms with Crippen molar-refractivity contribution in [3.05, 3.63) is 50.9 Å². The van der Waals surface area contributed by atoms with E-state index in [0.29, 0.717) is 0 Å². The summed E-state index contributed by atoms with van der Waals surface area (Å²) in [5.41, 5.74) is 4.75. The zero-order valence-corrected chi connectivity index (χ0v) is 13.5. The second-order valence-electron chi connectivity index (χ2n) is 5.42. The van der Waals surface area contributed by atoms with Crippen molar-refractivity contribution in [3.63, 3.8) is 0 Å². The highest BCUT2D eigenvalue weighted by Gasteiger charge is 2.18. The molecule has 0 aliphatic carbocycles. The molecule has 24 heavy (non-hydrogen) atoms. The third-order valence-corrected chi connectivity index (χ3v) is 3.43. The van der Waals surface area contributed by atoms with E-state index in [9.17, 15) is 18.8 Å². The number of carbonyl (C=O) groups excluding carboxylic acids is 1. The lowest BCUT2D eigenvalue weighted by Gasteiger charge is -2.18. The number of rotatable bonds is 4. The second-order valence-corrected chi connectivity index (χ2v) is 5.42. The Kier molecular flexibility index (Phi) is 4.72. The largest absolute Gasteiger partial charge is 0.383 e. The fraction of sp³-hybridized carbons (Fsp3) is 0.267. The fourth-order valence-electron chi connectivity index (χ4n) is 2.24. The van der Waals surface area contributed by atoms with Crippen LogP contribution in [0.3, 0.4) is 0 Å². The van der Waals surface area contributed by atoms with E-state index in [-0.39, 0.29) is 17.2 Å². The molecule has 0 saturated heterocycles. The van der Waals surface area contributed by atoms with E-state index in [1.165, 1.54) is 30.1 Å². The number of halogens is 1. The van der Waals surface area contributed by atoms with E-state index in [2.05, 4.69) is 5.32 Å². The first-order valence-corrected chi connectivity index (χ1v) is 7.04. The van der Waals surface area contributed by atoms with Crippen LogP contribution in [0.1, 0.15) is 0 Å². The molecule has 2 aromatic rings. The van der Waals surface area contributed by atoms with Crippen molar-refractivity contribution in [3.8, 4) is 0 Å². The van der Waals surface area contributed by atoms with E-state index in [4.69, 9.17) is 5.73 Å². The van der Waals surface area contributed by atoms with Crippen molar-refractivity contribution in [2.45, 2.75) is 6.54 Å². The Morgan fingerprint density at radius 1 is 1.33 bits per heavy atom.